The molecule has 0 radical (unpaired) electrons. The average Bonchev–Trinajstić information content (AvgIpc) is 2.58. The van der Waals surface area contributed by atoms with Gasteiger partial charge in [0.2, 0.25) is 0 Å². The van der Waals surface area contributed by atoms with Gasteiger partial charge >= 0.3 is 0 Å². The normalized spacial score (nSPS) is 10.9. The van der Waals surface area contributed by atoms with Crippen LogP contribution in [-0.4, -0.2) is 10.8 Å². The van der Waals surface area contributed by atoms with Crippen molar-refractivity contribution in [3.05, 3.63) is 94.8 Å². The van der Waals surface area contributed by atoms with Gasteiger partial charge in [0.25, 0.3) is 0 Å². The highest BCUT2D eigenvalue weighted by Gasteiger charge is 1.94. The molecule has 0 saturated heterocycles. The zero-order chi connectivity index (χ0) is 16.1. The van der Waals surface area contributed by atoms with Crippen molar-refractivity contribution in [3.63, 3.8) is 0 Å². The second-order valence-corrected chi connectivity index (χ2v) is 5.27. The Morgan fingerprint density at radius 2 is 1.52 bits per heavy atom. The third kappa shape index (κ3) is 4.14. The second kappa shape index (κ2) is 7.03. The fraction of sp³-hybridized carbons (Fsp3) is 0. The molecule has 0 spiro atoms. The number of hydrogen-bond donors (Lipinski definition) is 0. The minimum absolute atomic E-state index is 0.270. The Labute approximate surface area is 138 Å². The van der Waals surface area contributed by atoms with E-state index in [0.717, 1.165) is 16.6 Å². The Hall–Kier alpha value is -2.72. The Morgan fingerprint density at radius 3 is 2.17 bits per heavy atom. The lowest BCUT2D eigenvalue weighted by molar-refractivity contribution is 0.628. The lowest BCUT2D eigenvalue weighted by atomic mass is 10.2. The molecule has 2 aromatic carbocycles. The van der Waals surface area contributed by atoms with Gasteiger partial charge in [-0.1, -0.05) is 23.7 Å². The zero-order valence-corrected chi connectivity index (χ0v) is 12.9. The third-order valence-electron chi connectivity index (χ3n) is 3.19. The highest BCUT2D eigenvalue weighted by atomic mass is 35.5. The summed E-state index contributed by atoms with van der Waals surface area (Å²) in [6.07, 6.45) is 5.38. The largest absolute Gasteiger partial charge is 0.324 e. The Morgan fingerprint density at radius 1 is 0.870 bits per heavy atom. The van der Waals surface area contributed by atoms with E-state index in [1.54, 1.807) is 18.3 Å². The van der Waals surface area contributed by atoms with Crippen molar-refractivity contribution in [1.29, 1.82) is 0 Å². The van der Waals surface area contributed by atoms with Gasteiger partial charge in [-0.15, -0.1) is 0 Å². The quantitative estimate of drug-likeness (QED) is 0.510. The number of benzene rings is 2. The monoisotopic (exact) mass is 325 g/mol. The zero-order valence-electron chi connectivity index (χ0n) is 12.1. The third-order valence-corrected chi connectivity index (χ3v) is 3.44. The lowest BCUT2D eigenvalue weighted by Crippen LogP contribution is -2.03. The summed E-state index contributed by atoms with van der Waals surface area (Å²) in [6.45, 7) is 0. The van der Waals surface area contributed by atoms with Crippen molar-refractivity contribution in [2.75, 3.05) is 0 Å². The van der Waals surface area contributed by atoms with E-state index >= 15 is 0 Å². The van der Waals surface area contributed by atoms with Crippen molar-refractivity contribution in [2.45, 2.75) is 0 Å². The number of pyridine rings is 1. The molecule has 23 heavy (non-hydrogen) atoms. The minimum atomic E-state index is -0.270. The SMILES string of the molecule is Fc1ccc(/C=N\N=c2ccn(-c3ccc(Cl)cc3)cc2)cc1. The number of hydrogen-bond acceptors (Lipinski definition) is 2. The van der Waals surface area contributed by atoms with Crippen LogP contribution in [0.15, 0.2) is 83.3 Å². The van der Waals surface area contributed by atoms with Crippen LogP contribution in [0.2, 0.25) is 5.02 Å². The summed E-state index contributed by atoms with van der Waals surface area (Å²) >= 11 is 5.88. The first-order valence-electron chi connectivity index (χ1n) is 6.98. The summed E-state index contributed by atoms with van der Waals surface area (Å²) in [5.41, 5.74) is 1.80. The van der Waals surface area contributed by atoms with Gasteiger partial charge in [0.1, 0.15) is 5.82 Å². The fourth-order valence-electron chi connectivity index (χ4n) is 1.98. The van der Waals surface area contributed by atoms with Crippen molar-refractivity contribution in [3.8, 4) is 5.69 Å². The van der Waals surface area contributed by atoms with E-state index < -0.39 is 0 Å². The fourth-order valence-corrected chi connectivity index (χ4v) is 2.11. The average molecular weight is 326 g/mol. The van der Waals surface area contributed by atoms with Crippen LogP contribution in [0, 0.1) is 5.82 Å². The molecule has 5 heteroatoms. The van der Waals surface area contributed by atoms with E-state index in [1.807, 2.05) is 53.4 Å². The molecule has 0 fully saturated rings. The molecule has 0 aliphatic rings. The van der Waals surface area contributed by atoms with Crippen molar-refractivity contribution >= 4 is 17.8 Å². The molecule has 0 bridgehead atoms. The number of rotatable bonds is 3. The summed E-state index contributed by atoms with van der Waals surface area (Å²) in [5.74, 6) is -0.270. The van der Waals surface area contributed by atoms with Gasteiger partial charge in [0, 0.05) is 23.1 Å². The van der Waals surface area contributed by atoms with Crippen molar-refractivity contribution < 1.29 is 4.39 Å². The van der Waals surface area contributed by atoms with Gasteiger partial charge < -0.3 is 4.57 Å². The van der Waals surface area contributed by atoms with Crippen LogP contribution in [0.25, 0.3) is 5.69 Å². The highest BCUT2D eigenvalue weighted by molar-refractivity contribution is 6.30. The molecule has 0 aliphatic heterocycles. The van der Waals surface area contributed by atoms with Gasteiger partial charge in [-0.05, 0) is 54.1 Å². The first-order chi connectivity index (χ1) is 11.2. The standard InChI is InChI=1S/C18H13ClFN3/c19-15-3-7-18(8-4-15)23-11-9-17(10-12-23)22-21-13-14-1-5-16(20)6-2-14/h1-13H/b21-13-. The van der Waals surface area contributed by atoms with Crippen LogP contribution in [0.1, 0.15) is 5.56 Å². The summed E-state index contributed by atoms with van der Waals surface area (Å²) in [4.78, 5) is 0. The molecular formula is C18H13ClFN3. The predicted octanol–water partition coefficient (Wildman–Crippen LogP) is 4.20. The second-order valence-electron chi connectivity index (χ2n) is 4.84. The smallest absolute Gasteiger partial charge is 0.123 e. The molecule has 3 nitrogen and oxygen atoms in total. The molecule has 3 rings (SSSR count). The van der Waals surface area contributed by atoms with Crippen LogP contribution in [0.4, 0.5) is 4.39 Å². The molecule has 0 aliphatic carbocycles. The summed E-state index contributed by atoms with van der Waals surface area (Å²) in [5, 5.41) is 9.56. The Balaban J connectivity index is 1.76. The summed E-state index contributed by atoms with van der Waals surface area (Å²) in [7, 11) is 0. The highest BCUT2D eigenvalue weighted by Crippen LogP contribution is 2.12. The Bertz CT molecular complexity index is 861. The lowest BCUT2D eigenvalue weighted by Gasteiger charge is -2.05. The first-order valence-corrected chi connectivity index (χ1v) is 7.35. The molecule has 3 aromatic rings. The molecule has 114 valence electrons. The van der Waals surface area contributed by atoms with Gasteiger partial charge in [0.05, 0.1) is 11.6 Å². The van der Waals surface area contributed by atoms with Crippen LogP contribution in [0.5, 0.6) is 0 Å². The van der Waals surface area contributed by atoms with Crippen LogP contribution >= 0.6 is 11.6 Å². The molecule has 0 N–H and O–H groups in total. The van der Waals surface area contributed by atoms with Gasteiger partial charge in [-0.2, -0.15) is 10.2 Å². The van der Waals surface area contributed by atoms with Crippen LogP contribution in [-0.2, 0) is 0 Å². The van der Waals surface area contributed by atoms with E-state index in [9.17, 15) is 4.39 Å². The van der Waals surface area contributed by atoms with E-state index in [2.05, 4.69) is 10.2 Å². The molecule has 0 unspecified atom stereocenters. The number of nitrogens with zero attached hydrogens (tertiary/aromatic N) is 3. The number of halogens is 2. The molecule has 0 atom stereocenters. The Kier molecular flexibility index (Phi) is 4.64. The predicted molar refractivity (Wildman–Crippen MR) is 90.3 cm³/mol. The van der Waals surface area contributed by atoms with Crippen molar-refractivity contribution in [1.82, 2.24) is 4.57 Å². The van der Waals surface area contributed by atoms with E-state index in [-0.39, 0.29) is 5.82 Å². The van der Waals surface area contributed by atoms with Gasteiger partial charge in [-0.3, -0.25) is 0 Å². The van der Waals surface area contributed by atoms with Crippen LogP contribution < -0.4 is 5.36 Å². The maximum Gasteiger partial charge on any atom is 0.123 e. The van der Waals surface area contributed by atoms with Gasteiger partial charge in [-0.25, -0.2) is 4.39 Å². The number of aromatic nitrogens is 1. The molecular weight excluding hydrogens is 313 g/mol. The molecule has 0 saturated carbocycles. The van der Waals surface area contributed by atoms with Crippen molar-refractivity contribution in [2.24, 2.45) is 10.2 Å². The summed E-state index contributed by atoms with van der Waals surface area (Å²) < 4.78 is 14.8. The van der Waals surface area contributed by atoms with E-state index in [4.69, 9.17) is 11.6 Å². The molecule has 1 aromatic heterocycles. The van der Waals surface area contributed by atoms with Crippen LogP contribution in [0.3, 0.4) is 0 Å². The minimum Gasteiger partial charge on any atom is -0.324 e. The molecule has 1 heterocycles. The maximum atomic E-state index is 12.8. The maximum absolute atomic E-state index is 12.8. The van der Waals surface area contributed by atoms with E-state index in [1.165, 1.54) is 12.1 Å². The summed E-state index contributed by atoms with van der Waals surface area (Å²) in [6, 6.07) is 17.3. The van der Waals surface area contributed by atoms with E-state index in [0.29, 0.717) is 5.02 Å². The molecule has 0 amide bonds. The topological polar surface area (TPSA) is 29.6 Å². The first kappa shape index (κ1) is 15.2. The van der Waals surface area contributed by atoms with Gasteiger partial charge in [0.15, 0.2) is 0 Å².